The summed E-state index contributed by atoms with van der Waals surface area (Å²) in [7, 11) is 0. The highest BCUT2D eigenvalue weighted by molar-refractivity contribution is 5.95. The van der Waals surface area contributed by atoms with E-state index in [0.29, 0.717) is 16.6 Å². The quantitative estimate of drug-likeness (QED) is 0.344. The molecule has 28 heavy (non-hydrogen) atoms. The van der Waals surface area contributed by atoms with Crippen LogP contribution in [0.1, 0.15) is 16.2 Å². The summed E-state index contributed by atoms with van der Waals surface area (Å²) in [5.74, 6) is -1.44. The zero-order valence-electron chi connectivity index (χ0n) is 14.7. The summed E-state index contributed by atoms with van der Waals surface area (Å²) in [6, 6.07) is 17.4. The highest BCUT2D eigenvalue weighted by Gasteiger charge is 2.15. The molecule has 3 rings (SSSR count). The first-order chi connectivity index (χ1) is 13.6. The fraction of sp³-hybridized carbons (Fsp3) is 0.100. The number of hydrogen-bond acceptors (Lipinski definition) is 6. The summed E-state index contributed by atoms with van der Waals surface area (Å²) < 4.78 is 4.91. The van der Waals surface area contributed by atoms with Gasteiger partial charge in [-0.25, -0.2) is 4.98 Å². The number of nitrogens with zero attached hydrogens (tertiary/aromatic N) is 2. The molecule has 3 aromatic rings. The molecule has 0 saturated carbocycles. The van der Waals surface area contributed by atoms with Gasteiger partial charge in [-0.15, -0.1) is 0 Å². The Morgan fingerprint density at radius 2 is 1.86 bits per heavy atom. The number of allylic oxidation sites excluding steroid dienone is 1. The molecule has 1 heterocycles. The van der Waals surface area contributed by atoms with Crippen molar-refractivity contribution in [2.24, 2.45) is 0 Å². The van der Waals surface area contributed by atoms with Crippen molar-refractivity contribution in [3.8, 4) is 6.07 Å². The molecular weight excluding hydrogens is 360 g/mol. The van der Waals surface area contributed by atoms with E-state index in [4.69, 9.17) is 4.74 Å². The van der Waals surface area contributed by atoms with Gasteiger partial charge < -0.3 is 20.1 Å². The Kier molecular flexibility index (Phi) is 5.67. The summed E-state index contributed by atoms with van der Waals surface area (Å²) in [6.45, 7) is -0.881. The minimum atomic E-state index is -0.752. The SMILES string of the molecule is N#CC(=C(O)COC(=O)CNC(=O)c1ccccc1)c1nc2ccccc2[nH]1. The Balaban J connectivity index is 1.59. The third-order valence-electron chi connectivity index (χ3n) is 3.83. The summed E-state index contributed by atoms with van der Waals surface area (Å²) in [6.07, 6.45) is 0. The van der Waals surface area contributed by atoms with Crippen molar-refractivity contribution < 1.29 is 19.4 Å². The van der Waals surface area contributed by atoms with Crippen LogP contribution in [0.25, 0.3) is 16.6 Å². The second kappa shape index (κ2) is 8.51. The maximum atomic E-state index is 11.9. The van der Waals surface area contributed by atoms with Gasteiger partial charge in [0.2, 0.25) is 0 Å². The van der Waals surface area contributed by atoms with Gasteiger partial charge in [-0.1, -0.05) is 30.3 Å². The Morgan fingerprint density at radius 3 is 2.57 bits per heavy atom. The van der Waals surface area contributed by atoms with Crippen molar-refractivity contribution in [1.82, 2.24) is 15.3 Å². The van der Waals surface area contributed by atoms with E-state index in [-0.39, 0.29) is 17.9 Å². The van der Waals surface area contributed by atoms with E-state index in [9.17, 15) is 20.0 Å². The Labute approximate surface area is 160 Å². The Morgan fingerprint density at radius 1 is 1.14 bits per heavy atom. The van der Waals surface area contributed by atoms with Crippen LogP contribution in [-0.2, 0) is 9.53 Å². The van der Waals surface area contributed by atoms with Gasteiger partial charge in [0.1, 0.15) is 24.8 Å². The van der Waals surface area contributed by atoms with Crippen molar-refractivity contribution in [2.75, 3.05) is 13.2 Å². The first-order valence-corrected chi connectivity index (χ1v) is 8.34. The minimum absolute atomic E-state index is 0.127. The van der Waals surface area contributed by atoms with Crippen LogP contribution in [0.2, 0.25) is 0 Å². The molecule has 2 aromatic carbocycles. The van der Waals surface area contributed by atoms with Crippen LogP contribution in [0.15, 0.2) is 60.4 Å². The van der Waals surface area contributed by atoms with E-state index < -0.39 is 24.2 Å². The van der Waals surface area contributed by atoms with Crippen LogP contribution in [-0.4, -0.2) is 40.1 Å². The fourth-order valence-electron chi connectivity index (χ4n) is 2.44. The van der Waals surface area contributed by atoms with Crippen molar-refractivity contribution >= 4 is 28.5 Å². The van der Waals surface area contributed by atoms with Crippen LogP contribution < -0.4 is 5.32 Å². The second-order valence-corrected chi connectivity index (χ2v) is 5.75. The van der Waals surface area contributed by atoms with Crippen LogP contribution in [0, 0.1) is 11.3 Å². The van der Waals surface area contributed by atoms with Gasteiger partial charge in [0.25, 0.3) is 5.91 Å². The van der Waals surface area contributed by atoms with E-state index in [0.717, 1.165) is 0 Å². The number of benzene rings is 2. The number of hydrogen-bond donors (Lipinski definition) is 3. The highest BCUT2D eigenvalue weighted by atomic mass is 16.5. The maximum Gasteiger partial charge on any atom is 0.325 e. The van der Waals surface area contributed by atoms with Gasteiger partial charge in [0, 0.05) is 5.56 Å². The molecule has 8 heteroatoms. The topological polar surface area (TPSA) is 128 Å². The lowest BCUT2D eigenvalue weighted by Crippen LogP contribution is -2.30. The number of H-pyrrole nitrogens is 1. The Hall–Kier alpha value is -4.12. The molecule has 8 nitrogen and oxygen atoms in total. The lowest BCUT2D eigenvalue weighted by molar-refractivity contribution is -0.142. The number of para-hydroxylation sites is 2. The van der Waals surface area contributed by atoms with Crippen molar-refractivity contribution in [3.05, 3.63) is 71.7 Å². The number of aliphatic hydroxyl groups is 1. The van der Waals surface area contributed by atoms with Crippen molar-refractivity contribution in [2.45, 2.75) is 0 Å². The number of nitrogens with one attached hydrogen (secondary N) is 2. The van der Waals surface area contributed by atoms with Gasteiger partial charge in [-0.3, -0.25) is 9.59 Å². The van der Waals surface area contributed by atoms with Crippen LogP contribution in [0.3, 0.4) is 0 Å². The zero-order valence-corrected chi connectivity index (χ0v) is 14.7. The summed E-state index contributed by atoms with van der Waals surface area (Å²) in [5, 5.41) is 21.9. The molecule has 0 radical (unpaired) electrons. The van der Waals surface area contributed by atoms with Crippen LogP contribution >= 0.6 is 0 Å². The number of ether oxygens (including phenoxy) is 1. The first-order valence-electron chi connectivity index (χ1n) is 8.34. The standard InChI is InChI=1S/C20H16N4O4/c21-10-14(19-23-15-8-4-5-9-16(15)24-19)17(25)12-28-18(26)11-22-20(27)13-6-2-1-3-7-13/h1-9,25H,11-12H2,(H,22,27)(H,23,24). The maximum absolute atomic E-state index is 11.9. The molecule has 0 aliphatic rings. The lowest BCUT2D eigenvalue weighted by atomic mass is 10.2. The van der Waals surface area contributed by atoms with Crippen molar-refractivity contribution in [3.63, 3.8) is 0 Å². The van der Waals surface area contributed by atoms with E-state index >= 15 is 0 Å². The highest BCUT2D eigenvalue weighted by Crippen LogP contribution is 2.18. The van der Waals surface area contributed by atoms with E-state index in [2.05, 4.69) is 15.3 Å². The first kappa shape index (κ1) is 18.7. The second-order valence-electron chi connectivity index (χ2n) is 5.75. The monoisotopic (exact) mass is 376 g/mol. The Bertz CT molecular complexity index is 1050. The molecule has 140 valence electrons. The molecule has 1 aromatic heterocycles. The van der Waals surface area contributed by atoms with Gasteiger partial charge in [0.05, 0.1) is 11.0 Å². The molecule has 0 unspecified atom stereocenters. The van der Waals surface area contributed by atoms with Gasteiger partial charge in [-0.2, -0.15) is 5.26 Å². The van der Waals surface area contributed by atoms with Gasteiger partial charge >= 0.3 is 5.97 Å². The molecule has 0 bridgehead atoms. The number of fused-ring (bicyclic) bond motifs is 1. The average molecular weight is 376 g/mol. The third kappa shape index (κ3) is 4.34. The van der Waals surface area contributed by atoms with E-state index in [1.165, 1.54) is 0 Å². The summed E-state index contributed by atoms with van der Waals surface area (Å²) in [4.78, 5) is 30.8. The molecule has 3 N–H and O–H groups in total. The van der Waals surface area contributed by atoms with Gasteiger partial charge in [-0.05, 0) is 24.3 Å². The lowest BCUT2D eigenvalue weighted by Gasteiger charge is -2.07. The number of aliphatic hydroxyl groups excluding tert-OH is 1. The predicted molar refractivity (Wildman–Crippen MR) is 101 cm³/mol. The number of aromatic amines is 1. The predicted octanol–water partition coefficient (Wildman–Crippen LogP) is 2.33. The molecule has 0 aliphatic heterocycles. The molecule has 0 atom stereocenters. The summed E-state index contributed by atoms with van der Waals surface area (Å²) in [5.41, 5.74) is 1.63. The summed E-state index contributed by atoms with van der Waals surface area (Å²) >= 11 is 0. The largest absolute Gasteiger partial charge is 0.507 e. The number of amides is 1. The third-order valence-corrected chi connectivity index (χ3v) is 3.83. The molecule has 0 saturated heterocycles. The molecule has 0 aliphatic carbocycles. The fourth-order valence-corrected chi connectivity index (χ4v) is 2.44. The number of imidazole rings is 1. The minimum Gasteiger partial charge on any atom is -0.507 e. The molecular formula is C20H16N4O4. The number of nitriles is 1. The van der Waals surface area contributed by atoms with E-state index in [1.54, 1.807) is 48.5 Å². The molecule has 1 amide bonds. The normalized spacial score (nSPS) is 11.4. The van der Waals surface area contributed by atoms with Crippen LogP contribution in [0.4, 0.5) is 0 Å². The number of carbonyl (C=O) groups is 2. The average Bonchev–Trinajstić information content (AvgIpc) is 3.15. The zero-order chi connectivity index (χ0) is 19.9. The number of aromatic nitrogens is 2. The number of carbonyl (C=O) groups excluding carboxylic acids is 2. The molecule has 0 fully saturated rings. The smallest absolute Gasteiger partial charge is 0.325 e. The van der Waals surface area contributed by atoms with Gasteiger partial charge in [0.15, 0.2) is 11.6 Å². The van der Waals surface area contributed by atoms with Crippen LogP contribution in [0.5, 0.6) is 0 Å². The number of esters is 1. The van der Waals surface area contributed by atoms with E-state index in [1.807, 2.05) is 12.1 Å². The molecule has 0 spiro atoms. The number of rotatable bonds is 6. The van der Waals surface area contributed by atoms with Crippen molar-refractivity contribution in [1.29, 1.82) is 5.26 Å².